The molecule has 0 aliphatic carbocycles. The molecule has 32 valence electrons. The number of hydrazone groups is 1. The van der Waals surface area contributed by atoms with E-state index in [1.807, 2.05) is 6.42 Å². The Hall–Kier alpha value is -0.530. The average Bonchev–Trinajstić information content (AvgIpc) is 2.21. The molecule has 0 aromatic heterocycles. The zero-order valence-electron chi connectivity index (χ0n) is 3.44. The smallest absolute Gasteiger partial charge is 0.146 e. The van der Waals surface area contributed by atoms with Gasteiger partial charge in [-0.05, 0) is 6.42 Å². The maximum Gasteiger partial charge on any atom is 0.146 e. The van der Waals surface area contributed by atoms with Gasteiger partial charge in [-0.1, -0.05) is 6.92 Å². The second kappa shape index (κ2) is 1.29. The highest BCUT2D eigenvalue weighted by Gasteiger charge is 2.04. The molecule has 0 atom stereocenters. The van der Waals surface area contributed by atoms with E-state index in [1.165, 1.54) is 0 Å². The number of hydrogen-bond donors (Lipinski definition) is 1. The highest BCUT2D eigenvalue weighted by atomic mass is 15.5. The summed E-state index contributed by atoms with van der Waals surface area (Å²) in [4.78, 5) is 0. The summed E-state index contributed by atoms with van der Waals surface area (Å²) in [6, 6.07) is 0. The summed E-state index contributed by atoms with van der Waals surface area (Å²) < 4.78 is 0. The Kier molecular flexibility index (Phi) is 0.783. The van der Waals surface area contributed by atoms with Crippen LogP contribution in [-0.2, 0) is 0 Å². The molecule has 1 heterocycles. The molecule has 2 radical (unpaired) electrons. The van der Waals surface area contributed by atoms with E-state index in [2.05, 4.69) is 17.5 Å². The van der Waals surface area contributed by atoms with Crippen LogP contribution in [0, 0.1) is 13.3 Å². The van der Waals surface area contributed by atoms with Crippen LogP contribution in [0.1, 0.15) is 6.42 Å². The second-order valence-corrected chi connectivity index (χ2v) is 1.10. The number of nitrogens with one attached hydrogen (secondary N) is 1. The maximum atomic E-state index is 3.66. The van der Waals surface area contributed by atoms with Crippen molar-refractivity contribution in [3.8, 4) is 0 Å². The number of nitrogens with zero attached hydrogens (tertiary/aromatic N) is 1. The second-order valence-electron chi connectivity index (χ2n) is 1.10. The lowest BCUT2D eigenvalue weighted by Crippen LogP contribution is -1.89. The Morgan fingerprint density at radius 2 is 2.67 bits per heavy atom. The lowest BCUT2D eigenvalue weighted by Gasteiger charge is -1.73. The number of rotatable bonds is 2. The monoisotopic (exact) mass is 82.1 g/mol. The first kappa shape index (κ1) is 3.65. The van der Waals surface area contributed by atoms with Gasteiger partial charge in [0.25, 0.3) is 0 Å². The molecule has 0 aromatic rings. The molecule has 1 N–H and O–H groups in total. The van der Waals surface area contributed by atoms with Crippen molar-refractivity contribution in [1.82, 2.24) is 5.43 Å². The van der Waals surface area contributed by atoms with E-state index in [1.54, 1.807) is 0 Å². The summed E-state index contributed by atoms with van der Waals surface area (Å²) in [5.41, 5.74) is 2.68. The van der Waals surface area contributed by atoms with Gasteiger partial charge in [0.2, 0.25) is 0 Å². The van der Waals surface area contributed by atoms with E-state index in [4.69, 9.17) is 0 Å². The molecule has 1 aliphatic heterocycles. The topological polar surface area (TPSA) is 34.3 Å². The summed E-state index contributed by atoms with van der Waals surface area (Å²) in [6.45, 7) is 3.59. The van der Waals surface area contributed by atoms with E-state index < -0.39 is 0 Å². The number of hydrogen-bond acceptors (Lipinski definition) is 2. The molecule has 0 amide bonds. The van der Waals surface area contributed by atoms with Gasteiger partial charge in [-0.25, -0.2) is 0 Å². The van der Waals surface area contributed by atoms with Gasteiger partial charge in [0.15, 0.2) is 0 Å². The van der Waals surface area contributed by atoms with E-state index in [-0.39, 0.29) is 0 Å². The van der Waals surface area contributed by atoms with Gasteiger partial charge < -0.3 is 0 Å². The molecule has 6 heavy (non-hydrogen) atoms. The molecular formula is C4H6N2. The van der Waals surface area contributed by atoms with Crippen molar-refractivity contribution in [3.63, 3.8) is 0 Å². The van der Waals surface area contributed by atoms with Crippen LogP contribution in [0.5, 0.6) is 0 Å². The van der Waals surface area contributed by atoms with Crippen LogP contribution in [0.4, 0.5) is 0 Å². The largest absolute Gasteiger partial charge is 0.261 e. The highest BCUT2D eigenvalue weighted by molar-refractivity contribution is 5.97. The maximum absolute atomic E-state index is 3.66. The Bertz CT molecular complexity index is 75.6. The quantitative estimate of drug-likeness (QED) is 0.511. The van der Waals surface area contributed by atoms with Crippen LogP contribution in [-0.4, -0.2) is 5.84 Å². The minimum Gasteiger partial charge on any atom is -0.261 e. The van der Waals surface area contributed by atoms with Crippen molar-refractivity contribution in [3.05, 3.63) is 13.3 Å². The van der Waals surface area contributed by atoms with Crippen molar-refractivity contribution in [2.75, 3.05) is 0 Å². The lowest BCUT2D eigenvalue weighted by molar-refractivity contribution is 1.24. The van der Waals surface area contributed by atoms with Gasteiger partial charge in [-0.3, -0.25) is 5.43 Å². The van der Waals surface area contributed by atoms with Gasteiger partial charge in [-0.15, -0.1) is 0 Å². The molecule has 2 heteroatoms. The van der Waals surface area contributed by atoms with E-state index >= 15 is 0 Å². The fourth-order valence-electron chi connectivity index (χ4n) is 0.260. The van der Waals surface area contributed by atoms with Crippen molar-refractivity contribution in [2.24, 2.45) is 5.10 Å². The fourth-order valence-corrected chi connectivity index (χ4v) is 0.260. The van der Waals surface area contributed by atoms with Crippen molar-refractivity contribution in [1.29, 1.82) is 0 Å². The normalized spacial score (nSPS) is 15.8. The molecule has 0 saturated carbocycles. The first-order valence-electron chi connectivity index (χ1n) is 1.89. The molecule has 0 aromatic carbocycles. The Morgan fingerprint density at radius 3 is 2.83 bits per heavy atom. The van der Waals surface area contributed by atoms with E-state index in [0.717, 1.165) is 12.3 Å². The van der Waals surface area contributed by atoms with Crippen LogP contribution < -0.4 is 5.43 Å². The van der Waals surface area contributed by atoms with Gasteiger partial charge in [0.1, 0.15) is 5.84 Å². The molecular weight excluding hydrogens is 76.1 g/mol. The van der Waals surface area contributed by atoms with Crippen LogP contribution in [0.15, 0.2) is 5.10 Å². The van der Waals surface area contributed by atoms with E-state index in [9.17, 15) is 0 Å². The zero-order valence-corrected chi connectivity index (χ0v) is 3.44. The SMILES string of the molecule is [CH2]C[CH]C1=NN1. The summed E-state index contributed by atoms with van der Waals surface area (Å²) >= 11 is 0. The molecule has 2 nitrogen and oxygen atoms in total. The molecule has 1 rings (SSSR count). The lowest BCUT2D eigenvalue weighted by atomic mass is 10.3. The standard InChI is InChI=1S/C4H6N2/c1-2-3-4-5-6-4/h3H,1-2H2,(H,5,6). The minimum atomic E-state index is 0.825. The Balaban J connectivity index is 2.02. The summed E-state index contributed by atoms with van der Waals surface area (Å²) in [7, 11) is 0. The van der Waals surface area contributed by atoms with Crippen molar-refractivity contribution >= 4 is 5.84 Å². The molecule has 0 unspecified atom stereocenters. The highest BCUT2D eigenvalue weighted by Crippen LogP contribution is 1.93. The van der Waals surface area contributed by atoms with Crippen LogP contribution in [0.25, 0.3) is 0 Å². The van der Waals surface area contributed by atoms with Gasteiger partial charge >= 0.3 is 0 Å². The van der Waals surface area contributed by atoms with E-state index in [0.29, 0.717) is 0 Å². The predicted octanol–water partition coefficient (Wildman–Crippen LogP) is 0.332. The summed E-state index contributed by atoms with van der Waals surface area (Å²) in [5, 5.41) is 3.66. The third kappa shape index (κ3) is 0.708. The predicted molar refractivity (Wildman–Crippen MR) is 24.8 cm³/mol. The van der Waals surface area contributed by atoms with Crippen LogP contribution >= 0.6 is 0 Å². The van der Waals surface area contributed by atoms with Gasteiger partial charge in [-0.2, -0.15) is 5.10 Å². The molecule has 0 spiro atoms. The fraction of sp³-hybridized carbons (Fsp3) is 0.250. The Labute approximate surface area is 37.2 Å². The molecule has 0 saturated heterocycles. The minimum absolute atomic E-state index is 0.825. The van der Waals surface area contributed by atoms with Gasteiger partial charge in [0.05, 0.1) is 0 Å². The van der Waals surface area contributed by atoms with Crippen LogP contribution in [0.3, 0.4) is 0 Å². The van der Waals surface area contributed by atoms with Crippen molar-refractivity contribution in [2.45, 2.75) is 6.42 Å². The first-order chi connectivity index (χ1) is 2.93. The molecule has 0 fully saturated rings. The first-order valence-corrected chi connectivity index (χ1v) is 1.89. The molecule has 1 aliphatic rings. The molecule has 0 bridgehead atoms. The van der Waals surface area contributed by atoms with Gasteiger partial charge in [0, 0.05) is 6.42 Å². The Morgan fingerprint density at radius 1 is 2.00 bits per heavy atom. The summed E-state index contributed by atoms with van der Waals surface area (Å²) in [5.74, 6) is 0.977. The van der Waals surface area contributed by atoms with Crippen molar-refractivity contribution < 1.29 is 0 Å². The average molecular weight is 82.1 g/mol. The third-order valence-corrected chi connectivity index (χ3v) is 0.579. The third-order valence-electron chi connectivity index (χ3n) is 0.579. The van der Waals surface area contributed by atoms with Crippen LogP contribution in [0.2, 0.25) is 0 Å². The zero-order chi connectivity index (χ0) is 4.41. The number of amidine groups is 1. The summed E-state index contributed by atoms with van der Waals surface area (Å²) in [6.07, 6.45) is 2.76.